The van der Waals surface area contributed by atoms with Crippen molar-refractivity contribution in [2.75, 3.05) is 13.1 Å². The average Bonchev–Trinajstić information content (AvgIpc) is 2.61. The summed E-state index contributed by atoms with van der Waals surface area (Å²) in [5, 5.41) is 5.55. The number of aromatic nitrogens is 2. The normalized spacial score (nSPS) is 10.2. The molecule has 25 heavy (non-hydrogen) atoms. The molecule has 6 nitrogen and oxygen atoms in total. The number of nitrogens with zero attached hydrogens (tertiary/aromatic N) is 2. The van der Waals surface area contributed by atoms with Gasteiger partial charge in [0.25, 0.3) is 5.91 Å². The zero-order valence-corrected chi connectivity index (χ0v) is 14.5. The van der Waals surface area contributed by atoms with Gasteiger partial charge >= 0.3 is 0 Å². The third-order valence-corrected chi connectivity index (χ3v) is 3.51. The molecule has 0 unspecified atom stereocenters. The number of rotatable bonds is 7. The minimum absolute atomic E-state index is 0.171. The fourth-order valence-electron chi connectivity index (χ4n) is 2.13. The number of hydrogen-bond acceptors (Lipinski definition) is 4. The number of carbonyl (C=O) groups is 2. The molecule has 0 aliphatic heterocycles. The van der Waals surface area contributed by atoms with E-state index < -0.39 is 0 Å². The largest absolute Gasteiger partial charge is 0.352 e. The van der Waals surface area contributed by atoms with Crippen molar-refractivity contribution in [3.63, 3.8) is 0 Å². The summed E-state index contributed by atoms with van der Waals surface area (Å²) < 4.78 is 0. The van der Waals surface area contributed by atoms with E-state index in [-0.39, 0.29) is 11.8 Å². The maximum absolute atomic E-state index is 12.2. The lowest BCUT2D eigenvalue weighted by molar-refractivity contribution is -0.117. The van der Waals surface area contributed by atoms with Crippen molar-refractivity contribution in [3.05, 3.63) is 59.9 Å². The van der Waals surface area contributed by atoms with Gasteiger partial charge in [-0.15, -0.1) is 0 Å². The van der Waals surface area contributed by atoms with E-state index >= 15 is 0 Å². The van der Waals surface area contributed by atoms with Gasteiger partial charge in [0.2, 0.25) is 5.91 Å². The van der Waals surface area contributed by atoms with Crippen molar-refractivity contribution in [1.29, 1.82) is 0 Å². The van der Waals surface area contributed by atoms with E-state index in [0.717, 1.165) is 11.3 Å². The summed E-state index contributed by atoms with van der Waals surface area (Å²) in [6.45, 7) is 8.16. The van der Waals surface area contributed by atoms with Crippen molar-refractivity contribution >= 4 is 11.8 Å². The Labute approximate surface area is 147 Å². The minimum Gasteiger partial charge on any atom is -0.352 e. The Morgan fingerprint density at radius 3 is 2.36 bits per heavy atom. The molecule has 0 fully saturated rings. The van der Waals surface area contributed by atoms with Gasteiger partial charge in [-0.2, -0.15) is 0 Å². The first-order chi connectivity index (χ1) is 12.0. The first kappa shape index (κ1) is 18.3. The highest BCUT2D eigenvalue weighted by Crippen LogP contribution is 2.16. The lowest BCUT2D eigenvalue weighted by Crippen LogP contribution is -2.30. The van der Waals surface area contributed by atoms with E-state index in [2.05, 4.69) is 27.2 Å². The predicted molar refractivity (Wildman–Crippen MR) is 97.0 cm³/mol. The molecule has 2 aromatic heterocycles. The molecule has 0 aliphatic rings. The standard InChI is InChI=1S/C19H22N4O2/c1-13(2)18(24)22-7-4-8-23-19(25)15-6-10-21-17(12-15)16-11-14(3)5-9-20-16/h5-6,9-12H,1,4,7-8H2,2-3H3,(H,22,24)(H,23,25). The van der Waals surface area contributed by atoms with Crippen LogP contribution in [0.15, 0.2) is 48.8 Å². The Morgan fingerprint density at radius 2 is 1.68 bits per heavy atom. The predicted octanol–water partition coefficient (Wildman–Crippen LogP) is 2.26. The summed E-state index contributed by atoms with van der Waals surface area (Å²) in [5.41, 5.74) is 3.47. The van der Waals surface area contributed by atoms with E-state index in [1.807, 2.05) is 19.1 Å². The molecule has 0 saturated carbocycles. The van der Waals surface area contributed by atoms with Gasteiger partial charge < -0.3 is 10.6 Å². The summed E-state index contributed by atoms with van der Waals surface area (Å²) in [5.74, 6) is -0.349. The zero-order chi connectivity index (χ0) is 18.2. The first-order valence-electron chi connectivity index (χ1n) is 8.08. The van der Waals surface area contributed by atoms with Gasteiger partial charge in [0, 0.05) is 36.6 Å². The van der Waals surface area contributed by atoms with Crippen LogP contribution in [0.2, 0.25) is 0 Å². The Kier molecular flexibility index (Phi) is 6.39. The van der Waals surface area contributed by atoms with Crippen molar-refractivity contribution in [2.45, 2.75) is 20.3 Å². The van der Waals surface area contributed by atoms with Gasteiger partial charge in [-0.3, -0.25) is 19.6 Å². The van der Waals surface area contributed by atoms with Crippen LogP contribution < -0.4 is 10.6 Å². The lowest BCUT2D eigenvalue weighted by Gasteiger charge is -2.08. The van der Waals surface area contributed by atoms with Crippen LogP contribution in [-0.2, 0) is 4.79 Å². The summed E-state index contributed by atoms with van der Waals surface area (Å²) in [6.07, 6.45) is 3.96. The molecule has 0 spiro atoms. The second kappa shape index (κ2) is 8.73. The van der Waals surface area contributed by atoms with Gasteiger partial charge in [0.15, 0.2) is 0 Å². The molecule has 0 atom stereocenters. The Balaban J connectivity index is 1.89. The van der Waals surface area contributed by atoms with E-state index in [9.17, 15) is 9.59 Å². The van der Waals surface area contributed by atoms with Gasteiger partial charge in [-0.25, -0.2) is 0 Å². The molecular weight excluding hydrogens is 316 g/mol. The first-order valence-corrected chi connectivity index (χ1v) is 8.08. The van der Waals surface area contributed by atoms with Crippen LogP contribution >= 0.6 is 0 Å². The van der Waals surface area contributed by atoms with Crippen molar-refractivity contribution in [1.82, 2.24) is 20.6 Å². The van der Waals surface area contributed by atoms with Crippen molar-refractivity contribution in [3.8, 4) is 11.4 Å². The molecule has 0 aliphatic carbocycles. The number of hydrogen-bond donors (Lipinski definition) is 2. The molecule has 2 N–H and O–H groups in total. The molecule has 0 bridgehead atoms. The second-order valence-corrected chi connectivity index (χ2v) is 5.79. The highest BCUT2D eigenvalue weighted by molar-refractivity contribution is 5.95. The average molecular weight is 338 g/mol. The van der Waals surface area contributed by atoms with Crippen LogP contribution in [0.3, 0.4) is 0 Å². The van der Waals surface area contributed by atoms with E-state index in [4.69, 9.17) is 0 Å². The molecule has 130 valence electrons. The summed E-state index contributed by atoms with van der Waals surface area (Å²) in [6, 6.07) is 7.22. The quantitative estimate of drug-likeness (QED) is 0.599. The Hall–Kier alpha value is -3.02. The minimum atomic E-state index is -0.178. The van der Waals surface area contributed by atoms with Crippen LogP contribution in [0.4, 0.5) is 0 Å². The zero-order valence-electron chi connectivity index (χ0n) is 14.5. The Bertz CT molecular complexity index is 786. The highest BCUT2D eigenvalue weighted by Gasteiger charge is 2.08. The molecule has 6 heteroatoms. The van der Waals surface area contributed by atoms with Gasteiger partial charge in [-0.1, -0.05) is 6.58 Å². The fourth-order valence-corrected chi connectivity index (χ4v) is 2.13. The van der Waals surface area contributed by atoms with Crippen LogP contribution in [0.1, 0.15) is 29.3 Å². The maximum Gasteiger partial charge on any atom is 0.251 e. The van der Waals surface area contributed by atoms with Gasteiger partial charge in [0.1, 0.15) is 0 Å². The van der Waals surface area contributed by atoms with E-state index in [0.29, 0.717) is 36.3 Å². The van der Waals surface area contributed by atoms with Crippen LogP contribution in [-0.4, -0.2) is 34.9 Å². The lowest BCUT2D eigenvalue weighted by atomic mass is 10.1. The topological polar surface area (TPSA) is 84.0 Å². The Morgan fingerprint density at radius 1 is 1.04 bits per heavy atom. The fraction of sp³-hybridized carbons (Fsp3) is 0.263. The van der Waals surface area contributed by atoms with Crippen LogP contribution in [0, 0.1) is 6.92 Å². The third kappa shape index (κ3) is 5.53. The highest BCUT2D eigenvalue weighted by atomic mass is 16.2. The van der Waals surface area contributed by atoms with Crippen LogP contribution in [0.25, 0.3) is 11.4 Å². The molecule has 0 aromatic carbocycles. The molecule has 0 saturated heterocycles. The van der Waals surface area contributed by atoms with Gasteiger partial charge in [0.05, 0.1) is 11.4 Å². The van der Waals surface area contributed by atoms with E-state index in [1.165, 1.54) is 0 Å². The molecular formula is C19H22N4O2. The number of pyridine rings is 2. The maximum atomic E-state index is 12.2. The SMILES string of the molecule is C=C(C)C(=O)NCCCNC(=O)c1ccnc(-c2cc(C)ccn2)c1. The van der Waals surface area contributed by atoms with E-state index in [1.54, 1.807) is 31.5 Å². The van der Waals surface area contributed by atoms with Gasteiger partial charge in [-0.05, 0) is 50.1 Å². The number of carbonyl (C=O) groups excluding carboxylic acids is 2. The molecule has 2 aromatic rings. The number of aryl methyl sites for hydroxylation is 1. The second-order valence-electron chi connectivity index (χ2n) is 5.79. The molecule has 2 heterocycles. The summed E-state index contributed by atoms with van der Waals surface area (Å²) in [7, 11) is 0. The summed E-state index contributed by atoms with van der Waals surface area (Å²) in [4.78, 5) is 32.2. The molecule has 2 amide bonds. The molecule has 0 radical (unpaired) electrons. The van der Waals surface area contributed by atoms with Crippen LogP contribution in [0.5, 0.6) is 0 Å². The number of amides is 2. The molecule has 2 rings (SSSR count). The number of nitrogens with one attached hydrogen (secondary N) is 2. The third-order valence-electron chi connectivity index (χ3n) is 3.51. The van der Waals surface area contributed by atoms with Crippen molar-refractivity contribution in [2.24, 2.45) is 0 Å². The monoisotopic (exact) mass is 338 g/mol. The van der Waals surface area contributed by atoms with Crippen molar-refractivity contribution < 1.29 is 9.59 Å². The summed E-state index contributed by atoms with van der Waals surface area (Å²) >= 11 is 0. The smallest absolute Gasteiger partial charge is 0.251 e.